The van der Waals surface area contributed by atoms with Crippen LogP contribution in [-0.2, 0) is 0 Å². The van der Waals surface area contributed by atoms with Crippen molar-refractivity contribution in [1.29, 1.82) is 0 Å². The van der Waals surface area contributed by atoms with Crippen molar-refractivity contribution >= 4 is 23.1 Å². The number of nitrogens with zero attached hydrogens (tertiary/aromatic N) is 2. The molecule has 2 aromatic carbocycles. The van der Waals surface area contributed by atoms with Crippen molar-refractivity contribution in [1.82, 2.24) is 9.97 Å². The van der Waals surface area contributed by atoms with Gasteiger partial charge in [0.2, 0.25) is 0 Å². The lowest BCUT2D eigenvalue weighted by Crippen LogP contribution is -2.14. The van der Waals surface area contributed by atoms with Crippen LogP contribution in [0.3, 0.4) is 0 Å². The first-order chi connectivity index (χ1) is 13.5. The first-order valence-corrected chi connectivity index (χ1v) is 8.85. The lowest BCUT2D eigenvalue weighted by Gasteiger charge is -2.11. The molecule has 2 N–H and O–H groups in total. The summed E-state index contributed by atoms with van der Waals surface area (Å²) in [4.78, 5) is 20.7. The van der Waals surface area contributed by atoms with Crippen LogP contribution < -0.4 is 20.1 Å². The molecule has 0 unspecified atom stereocenters. The fourth-order valence-electron chi connectivity index (χ4n) is 2.52. The average Bonchev–Trinajstić information content (AvgIpc) is 2.70. The van der Waals surface area contributed by atoms with Crippen LogP contribution in [0.2, 0.25) is 0 Å². The van der Waals surface area contributed by atoms with E-state index in [0.717, 1.165) is 11.4 Å². The van der Waals surface area contributed by atoms with Crippen LogP contribution in [0.4, 0.5) is 17.2 Å². The Hall–Kier alpha value is -3.61. The topological polar surface area (TPSA) is 85.4 Å². The van der Waals surface area contributed by atoms with E-state index in [2.05, 4.69) is 20.6 Å². The molecule has 28 heavy (non-hydrogen) atoms. The number of aromatic nitrogens is 2. The standard InChI is InChI=1S/C21H22N4O3/c1-14(2)28-16-10-8-15(9-11-16)24-21(26)18-12-20(23-13-22-18)25-17-6-4-5-7-19(17)27-3/h4-14H,1-3H3,(H,24,26)(H,22,23,25). The van der Waals surface area contributed by atoms with Gasteiger partial charge in [-0.1, -0.05) is 12.1 Å². The van der Waals surface area contributed by atoms with E-state index >= 15 is 0 Å². The molecule has 0 spiro atoms. The van der Waals surface area contributed by atoms with Crippen LogP contribution in [0.5, 0.6) is 11.5 Å². The summed E-state index contributed by atoms with van der Waals surface area (Å²) in [6, 6.07) is 16.2. The zero-order valence-electron chi connectivity index (χ0n) is 16.0. The van der Waals surface area contributed by atoms with Crippen LogP contribution in [0, 0.1) is 0 Å². The number of para-hydroxylation sites is 2. The number of anilines is 3. The fourth-order valence-corrected chi connectivity index (χ4v) is 2.52. The molecule has 144 valence electrons. The van der Waals surface area contributed by atoms with E-state index in [1.165, 1.54) is 6.33 Å². The Morgan fingerprint density at radius 3 is 2.50 bits per heavy atom. The number of hydrogen-bond acceptors (Lipinski definition) is 6. The Labute approximate surface area is 163 Å². The highest BCUT2D eigenvalue weighted by Crippen LogP contribution is 2.26. The SMILES string of the molecule is COc1ccccc1Nc1cc(C(=O)Nc2ccc(OC(C)C)cc2)ncn1. The number of carbonyl (C=O) groups is 1. The molecule has 0 aliphatic rings. The first kappa shape index (κ1) is 19.2. The van der Waals surface area contributed by atoms with Crippen LogP contribution >= 0.6 is 0 Å². The Kier molecular flexibility index (Phi) is 6.06. The molecular weight excluding hydrogens is 356 g/mol. The summed E-state index contributed by atoms with van der Waals surface area (Å²) in [5.74, 6) is 1.59. The number of carbonyl (C=O) groups excluding carboxylic acids is 1. The minimum absolute atomic E-state index is 0.0932. The summed E-state index contributed by atoms with van der Waals surface area (Å²) in [5.41, 5.74) is 1.64. The largest absolute Gasteiger partial charge is 0.495 e. The second-order valence-corrected chi connectivity index (χ2v) is 6.26. The molecule has 0 saturated heterocycles. The van der Waals surface area contributed by atoms with Gasteiger partial charge in [0.1, 0.15) is 29.3 Å². The summed E-state index contributed by atoms with van der Waals surface area (Å²) in [7, 11) is 1.59. The van der Waals surface area contributed by atoms with Gasteiger partial charge in [-0.15, -0.1) is 0 Å². The van der Waals surface area contributed by atoms with E-state index < -0.39 is 0 Å². The number of benzene rings is 2. The maximum Gasteiger partial charge on any atom is 0.274 e. The summed E-state index contributed by atoms with van der Waals surface area (Å²) in [6.45, 7) is 3.92. The van der Waals surface area contributed by atoms with Crippen molar-refractivity contribution in [2.24, 2.45) is 0 Å². The third-order valence-electron chi connectivity index (χ3n) is 3.75. The van der Waals surface area contributed by atoms with Crippen molar-refractivity contribution in [3.05, 3.63) is 66.6 Å². The van der Waals surface area contributed by atoms with Crippen molar-refractivity contribution in [3.63, 3.8) is 0 Å². The molecule has 7 nitrogen and oxygen atoms in total. The van der Waals surface area contributed by atoms with Gasteiger partial charge in [-0.05, 0) is 50.2 Å². The third kappa shape index (κ3) is 4.97. The van der Waals surface area contributed by atoms with E-state index in [1.807, 2.05) is 50.2 Å². The highest BCUT2D eigenvalue weighted by Gasteiger charge is 2.11. The van der Waals surface area contributed by atoms with Crippen molar-refractivity contribution in [2.45, 2.75) is 20.0 Å². The van der Waals surface area contributed by atoms with Gasteiger partial charge in [0.05, 0.1) is 18.9 Å². The molecule has 0 aliphatic carbocycles. The maximum absolute atomic E-state index is 12.5. The molecule has 0 bridgehead atoms. The van der Waals surface area contributed by atoms with Crippen LogP contribution in [0.15, 0.2) is 60.9 Å². The minimum Gasteiger partial charge on any atom is -0.495 e. The molecule has 3 rings (SSSR count). The number of amides is 1. The maximum atomic E-state index is 12.5. The van der Waals surface area contributed by atoms with Gasteiger partial charge in [0.25, 0.3) is 5.91 Å². The number of rotatable bonds is 7. The predicted octanol–water partition coefficient (Wildman–Crippen LogP) is 4.27. The molecule has 0 fully saturated rings. The van der Waals surface area contributed by atoms with Crippen LogP contribution in [0.1, 0.15) is 24.3 Å². The Morgan fingerprint density at radius 2 is 1.79 bits per heavy atom. The van der Waals surface area contributed by atoms with Crippen molar-refractivity contribution in [3.8, 4) is 11.5 Å². The number of nitrogens with one attached hydrogen (secondary N) is 2. The fraction of sp³-hybridized carbons (Fsp3) is 0.190. The molecule has 7 heteroatoms. The van der Waals surface area contributed by atoms with Gasteiger partial charge in [-0.3, -0.25) is 4.79 Å². The van der Waals surface area contributed by atoms with Gasteiger partial charge in [-0.2, -0.15) is 0 Å². The van der Waals surface area contributed by atoms with Crippen LogP contribution in [-0.4, -0.2) is 29.1 Å². The molecule has 3 aromatic rings. The molecule has 1 heterocycles. The predicted molar refractivity (Wildman–Crippen MR) is 108 cm³/mol. The van der Waals surface area contributed by atoms with Gasteiger partial charge >= 0.3 is 0 Å². The van der Waals surface area contributed by atoms with Gasteiger partial charge in [0.15, 0.2) is 0 Å². The first-order valence-electron chi connectivity index (χ1n) is 8.85. The zero-order chi connectivity index (χ0) is 19.9. The lowest BCUT2D eigenvalue weighted by atomic mass is 10.2. The second-order valence-electron chi connectivity index (χ2n) is 6.26. The summed E-state index contributed by atoms with van der Waals surface area (Å²) in [6.07, 6.45) is 1.43. The molecule has 0 aliphatic heterocycles. The zero-order valence-corrected chi connectivity index (χ0v) is 16.0. The van der Waals surface area contributed by atoms with E-state index in [1.54, 1.807) is 25.3 Å². The quantitative estimate of drug-likeness (QED) is 0.639. The Bertz CT molecular complexity index is 942. The monoisotopic (exact) mass is 378 g/mol. The molecule has 1 aromatic heterocycles. The van der Waals surface area contributed by atoms with Gasteiger partial charge in [0, 0.05) is 11.8 Å². The van der Waals surface area contributed by atoms with Crippen molar-refractivity contribution in [2.75, 3.05) is 17.7 Å². The van der Waals surface area contributed by atoms with E-state index in [9.17, 15) is 4.79 Å². The summed E-state index contributed by atoms with van der Waals surface area (Å²) < 4.78 is 10.9. The molecule has 0 atom stereocenters. The van der Waals surface area contributed by atoms with Gasteiger partial charge < -0.3 is 20.1 Å². The summed E-state index contributed by atoms with van der Waals surface area (Å²) in [5, 5.41) is 5.95. The normalized spacial score (nSPS) is 10.4. The number of hydrogen-bond donors (Lipinski definition) is 2. The highest BCUT2D eigenvalue weighted by atomic mass is 16.5. The molecule has 0 saturated carbocycles. The second kappa shape index (κ2) is 8.85. The third-order valence-corrected chi connectivity index (χ3v) is 3.75. The molecule has 1 amide bonds. The van der Waals surface area contributed by atoms with E-state index in [-0.39, 0.29) is 17.7 Å². The van der Waals surface area contributed by atoms with Crippen molar-refractivity contribution < 1.29 is 14.3 Å². The number of ether oxygens (including phenoxy) is 2. The average molecular weight is 378 g/mol. The minimum atomic E-state index is -0.331. The number of methoxy groups -OCH3 is 1. The van der Waals surface area contributed by atoms with Gasteiger partial charge in [-0.25, -0.2) is 9.97 Å². The van der Waals surface area contributed by atoms with E-state index in [0.29, 0.717) is 17.3 Å². The van der Waals surface area contributed by atoms with Crippen LogP contribution in [0.25, 0.3) is 0 Å². The molecule has 0 radical (unpaired) electrons. The Morgan fingerprint density at radius 1 is 1.04 bits per heavy atom. The lowest BCUT2D eigenvalue weighted by molar-refractivity contribution is 0.102. The Balaban J connectivity index is 1.70. The van der Waals surface area contributed by atoms with E-state index in [4.69, 9.17) is 9.47 Å². The smallest absolute Gasteiger partial charge is 0.274 e. The highest BCUT2D eigenvalue weighted by molar-refractivity contribution is 6.03. The summed E-state index contributed by atoms with van der Waals surface area (Å²) >= 11 is 0. The molecular formula is C21H22N4O3.